The lowest BCUT2D eigenvalue weighted by Crippen LogP contribution is -2.31. The minimum absolute atomic E-state index is 0.111. The maximum Gasteiger partial charge on any atom is 0.255 e. The first-order chi connectivity index (χ1) is 18.2. The average Bonchev–Trinajstić information content (AvgIpc) is 3.28. The Morgan fingerprint density at radius 2 is 1.95 bits per heavy atom. The van der Waals surface area contributed by atoms with Crippen LogP contribution < -0.4 is 10.6 Å². The van der Waals surface area contributed by atoms with Crippen molar-refractivity contribution >= 4 is 56.8 Å². The predicted molar refractivity (Wildman–Crippen MR) is 156 cm³/mol. The molecule has 3 N–H and O–H groups in total. The number of fused-ring (bicyclic) bond motifs is 1. The number of rotatable bonds is 6. The highest BCUT2D eigenvalue weighted by molar-refractivity contribution is 9.10. The Balaban J connectivity index is 1.52. The molecule has 0 spiro atoms. The SMILES string of the molecule is CC1=C(C(=O)Nc2ccc(C)cc2C)C(c2ccc(O)c(Br)c2)n2nc(SCc3ccccc3Cl)nc2N1. The first-order valence-corrected chi connectivity index (χ1v) is 14.0. The minimum atomic E-state index is -0.573. The number of benzene rings is 3. The van der Waals surface area contributed by atoms with Gasteiger partial charge in [0.2, 0.25) is 11.1 Å². The molecule has 0 fully saturated rings. The molecule has 0 bridgehead atoms. The molecule has 3 aromatic carbocycles. The lowest BCUT2D eigenvalue weighted by molar-refractivity contribution is -0.113. The van der Waals surface area contributed by atoms with Gasteiger partial charge in [0.05, 0.1) is 10.0 Å². The smallest absolute Gasteiger partial charge is 0.255 e. The number of nitrogens with one attached hydrogen (secondary N) is 2. The summed E-state index contributed by atoms with van der Waals surface area (Å²) in [7, 11) is 0. The van der Waals surface area contributed by atoms with Gasteiger partial charge in [0, 0.05) is 22.2 Å². The Morgan fingerprint density at radius 1 is 1.16 bits per heavy atom. The van der Waals surface area contributed by atoms with Crippen LogP contribution in [0.5, 0.6) is 5.75 Å². The molecule has 10 heteroatoms. The molecular formula is C28H25BrClN5O2S. The van der Waals surface area contributed by atoms with Gasteiger partial charge in [-0.2, -0.15) is 4.98 Å². The van der Waals surface area contributed by atoms with E-state index in [1.807, 2.05) is 63.2 Å². The number of carbonyl (C=O) groups is 1. The van der Waals surface area contributed by atoms with E-state index in [-0.39, 0.29) is 11.7 Å². The van der Waals surface area contributed by atoms with Gasteiger partial charge in [0.1, 0.15) is 11.8 Å². The summed E-state index contributed by atoms with van der Waals surface area (Å²) in [6.07, 6.45) is 0. The summed E-state index contributed by atoms with van der Waals surface area (Å²) < 4.78 is 2.24. The number of hydrogen-bond donors (Lipinski definition) is 3. The molecule has 0 aliphatic carbocycles. The number of aromatic nitrogens is 3. The molecule has 5 rings (SSSR count). The number of aromatic hydroxyl groups is 1. The fourth-order valence-electron chi connectivity index (χ4n) is 4.39. The van der Waals surface area contributed by atoms with Crippen LogP contribution in [0.3, 0.4) is 0 Å². The van der Waals surface area contributed by atoms with Gasteiger partial charge < -0.3 is 15.7 Å². The van der Waals surface area contributed by atoms with E-state index >= 15 is 0 Å². The minimum Gasteiger partial charge on any atom is -0.507 e. The van der Waals surface area contributed by atoms with E-state index in [1.54, 1.807) is 22.9 Å². The highest BCUT2D eigenvalue weighted by atomic mass is 79.9. The maximum absolute atomic E-state index is 13.8. The van der Waals surface area contributed by atoms with Crippen LogP contribution in [-0.2, 0) is 10.5 Å². The first kappa shape index (κ1) is 26.3. The zero-order chi connectivity index (χ0) is 27.0. The second-order valence-electron chi connectivity index (χ2n) is 9.09. The lowest BCUT2D eigenvalue weighted by atomic mass is 9.94. The molecule has 4 aromatic rings. The standard InChI is InChI=1S/C28H25BrClN5O2S/c1-15-8-10-22(16(2)12-15)32-26(37)24-17(3)31-27-33-28(38-14-19-6-4-5-7-21(19)30)34-35(27)25(24)18-9-11-23(36)20(29)13-18/h4-13,25,36H,14H2,1-3H3,(H,32,37)(H,31,33,34). The van der Waals surface area contributed by atoms with Gasteiger partial charge in [-0.05, 0) is 77.7 Å². The molecular weight excluding hydrogens is 586 g/mol. The predicted octanol–water partition coefficient (Wildman–Crippen LogP) is 7.24. The van der Waals surface area contributed by atoms with E-state index in [4.69, 9.17) is 21.7 Å². The Bertz CT molecular complexity index is 1590. The molecule has 1 aliphatic rings. The van der Waals surface area contributed by atoms with Gasteiger partial charge in [-0.1, -0.05) is 65.3 Å². The van der Waals surface area contributed by atoms with Gasteiger partial charge in [-0.3, -0.25) is 4.79 Å². The largest absolute Gasteiger partial charge is 0.507 e. The van der Waals surface area contributed by atoms with E-state index in [9.17, 15) is 9.90 Å². The number of phenolic OH excluding ortho intramolecular Hbond substituents is 1. The van der Waals surface area contributed by atoms with Crippen LogP contribution in [0.25, 0.3) is 0 Å². The second-order valence-corrected chi connectivity index (χ2v) is 11.3. The first-order valence-electron chi connectivity index (χ1n) is 11.9. The molecule has 1 aliphatic heterocycles. The van der Waals surface area contributed by atoms with Crippen LogP contribution in [0.1, 0.15) is 35.2 Å². The summed E-state index contributed by atoms with van der Waals surface area (Å²) in [5.74, 6) is 0.994. The molecule has 2 heterocycles. The van der Waals surface area contributed by atoms with Gasteiger partial charge in [0.25, 0.3) is 5.91 Å². The number of aryl methyl sites for hydroxylation is 2. The number of carbonyl (C=O) groups excluding carboxylic acids is 1. The highest BCUT2D eigenvalue weighted by Gasteiger charge is 2.35. The number of hydrogen-bond acceptors (Lipinski definition) is 6. The number of nitrogens with zero attached hydrogens (tertiary/aromatic N) is 3. The fourth-order valence-corrected chi connectivity index (χ4v) is 5.90. The zero-order valence-corrected chi connectivity index (χ0v) is 24.1. The van der Waals surface area contributed by atoms with Gasteiger partial charge >= 0.3 is 0 Å². The molecule has 1 unspecified atom stereocenters. The van der Waals surface area contributed by atoms with E-state index in [2.05, 4.69) is 26.6 Å². The number of anilines is 2. The van der Waals surface area contributed by atoms with Crippen molar-refractivity contribution in [1.29, 1.82) is 0 Å². The van der Waals surface area contributed by atoms with Crippen molar-refractivity contribution in [2.75, 3.05) is 10.6 Å². The number of amides is 1. The third kappa shape index (κ3) is 5.32. The molecule has 1 aromatic heterocycles. The summed E-state index contributed by atoms with van der Waals surface area (Å²) in [4.78, 5) is 18.5. The van der Waals surface area contributed by atoms with Gasteiger partial charge in [-0.15, -0.1) is 5.10 Å². The van der Waals surface area contributed by atoms with E-state index in [0.29, 0.717) is 37.6 Å². The van der Waals surface area contributed by atoms with Crippen LogP contribution in [0.2, 0.25) is 5.02 Å². The van der Waals surface area contributed by atoms with E-state index in [0.717, 1.165) is 27.9 Å². The summed E-state index contributed by atoms with van der Waals surface area (Å²) in [5, 5.41) is 22.5. The quantitative estimate of drug-likeness (QED) is 0.199. The third-order valence-electron chi connectivity index (χ3n) is 6.31. The zero-order valence-electron chi connectivity index (χ0n) is 20.9. The summed E-state index contributed by atoms with van der Waals surface area (Å²) in [5.41, 5.74) is 5.77. The second kappa shape index (κ2) is 10.8. The summed E-state index contributed by atoms with van der Waals surface area (Å²) in [6, 6.07) is 18.2. The maximum atomic E-state index is 13.8. The van der Waals surface area contributed by atoms with Crippen molar-refractivity contribution in [3.8, 4) is 5.75 Å². The fraction of sp³-hybridized carbons (Fsp3) is 0.179. The molecule has 38 heavy (non-hydrogen) atoms. The molecule has 7 nitrogen and oxygen atoms in total. The third-order valence-corrected chi connectivity index (χ3v) is 8.20. The average molecular weight is 611 g/mol. The topological polar surface area (TPSA) is 92.1 Å². The van der Waals surface area contributed by atoms with Crippen LogP contribution in [0.15, 0.2) is 81.6 Å². The van der Waals surface area contributed by atoms with Crippen LogP contribution >= 0.6 is 39.3 Å². The Kier molecular flexibility index (Phi) is 7.52. The van der Waals surface area contributed by atoms with Gasteiger partial charge in [0.15, 0.2) is 0 Å². The number of phenols is 1. The number of halogens is 2. The van der Waals surface area contributed by atoms with E-state index < -0.39 is 6.04 Å². The van der Waals surface area contributed by atoms with Crippen molar-refractivity contribution in [2.45, 2.75) is 37.7 Å². The number of thioether (sulfide) groups is 1. The van der Waals surface area contributed by atoms with Crippen LogP contribution in [0.4, 0.5) is 11.6 Å². The van der Waals surface area contributed by atoms with E-state index in [1.165, 1.54) is 11.8 Å². The normalized spacial score (nSPS) is 14.7. The van der Waals surface area contributed by atoms with Gasteiger partial charge in [-0.25, -0.2) is 4.68 Å². The van der Waals surface area contributed by atoms with Crippen molar-refractivity contribution in [1.82, 2.24) is 14.8 Å². The van der Waals surface area contributed by atoms with Crippen molar-refractivity contribution in [3.05, 3.63) is 104 Å². The molecule has 0 saturated heterocycles. The molecule has 0 saturated carbocycles. The highest BCUT2D eigenvalue weighted by Crippen LogP contribution is 2.39. The Labute approximate surface area is 238 Å². The molecule has 0 radical (unpaired) electrons. The van der Waals surface area contributed by atoms with Crippen molar-refractivity contribution in [2.24, 2.45) is 0 Å². The summed E-state index contributed by atoms with van der Waals surface area (Å²) >= 11 is 11.2. The molecule has 194 valence electrons. The monoisotopic (exact) mass is 609 g/mol. The Morgan fingerprint density at radius 3 is 2.68 bits per heavy atom. The van der Waals surface area contributed by atoms with Crippen molar-refractivity contribution in [3.63, 3.8) is 0 Å². The molecule has 1 amide bonds. The molecule has 1 atom stereocenters. The van der Waals surface area contributed by atoms with Crippen LogP contribution in [0, 0.1) is 13.8 Å². The summed E-state index contributed by atoms with van der Waals surface area (Å²) in [6.45, 7) is 5.84. The Hall–Kier alpha value is -3.27. The number of allylic oxidation sites excluding steroid dienone is 1. The van der Waals surface area contributed by atoms with Crippen LogP contribution in [-0.4, -0.2) is 25.8 Å². The van der Waals surface area contributed by atoms with Crippen molar-refractivity contribution < 1.29 is 9.90 Å². The lowest BCUT2D eigenvalue weighted by Gasteiger charge is -2.29.